The molecule has 3 N–H and O–H groups in total. The number of carbonyl (C=O) groups excluding carboxylic acids is 1. The minimum absolute atomic E-state index is 0.0668. The van der Waals surface area contributed by atoms with Crippen LogP contribution >= 0.6 is 0 Å². The highest BCUT2D eigenvalue weighted by Crippen LogP contribution is 2.12. The van der Waals surface area contributed by atoms with Crippen molar-refractivity contribution in [2.24, 2.45) is 5.92 Å². The van der Waals surface area contributed by atoms with Gasteiger partial charge in [-0.25, -0.2) is 0 Å². The average Bonchev–Trinajstić information content (AvgIpc) is 2.41. The van der Waals surface area contributed by atoms with Crippen LogP contribution < -0.4 is 11.1 Å². The van der Waals surface area contributed by atoms with Gasteiger partial charge in [0.2, 0.25) is 5.91 Å². The number of hydrogen-bond acceptors (Lipinski definition) is 3. The summed E-state index contributed by atoms with van der Waals surface area (Å²) in [5.41, 5.74) is 7.62. The van der Waals surface area contributed by atoms with E-state index in [0.717, 1.165) is 24.3 Å². The molecule has 0 aromatic heterocycles. The third-order valence-electron chi connectivity index (χ3n) is 2.92. The zero-order valence-corrected chi connectivity index (χ0v) is 12.5. The van der Waals surface area contributed by atoms with Crippen LogP contribution in [0.4, 0.5) is 5.69 Å². The maximum Gasteiger partial charge on any atom is 0.220 e. The second-order valence-electron chi connectivity index (χ2n) is 5.37. The number of benzene rings is 1. The Hall–Kier alpha value is -1.55. The molecule has 4 heteroatoms. The first-order valence-electron chi connectivity index (χ1n) is 7.27. The second kappa shape index (κ2) is 9.37. The van der Waals surface area contributed by atoms with Gasteiger partial charge in [0.05, 0.1) is 0 Å². The van der Waals surface area contributed by atoms with Gasteiger partial charge >= 0.3 is 0 Å². The van der Waals surface area contributed by atoms with Crippen LogP contribution in [0.25, 0.3) is 0 Å². The van der Waals surface area contributed by atoms with Gasteiger partial charge in [-0.3, -0.25) is 4.79 Å². The number of anilines is 1. The molecular formula is C16H26N2O2. The van der Waals surface area contributed by atoms with Crippen LogP contribution in [0.5, 0.6) is 0 Å². The predicted molar refractivity (Wildman–Crippen MR) is 82.5 cm³/mol. The van der Waals surface area contributed by atoms with E-state index in [2.05, 4.69) is 19.2 Å². The second-order valence-corrected chi connectivity index (χ2v) is 5.37. The summed E-state index contributed by atoms with van der Waals surface area (Å²) in [5, 5.41) is 2.90. The number of aryl methyl sites for hydroxylation is 1. The lowest BCUT2D eigenvalue weighted by Gasteiger charge is -2.08. The van der Waals surface area contributed by atoms with E-state index in [1.54, 1.807) is 0 Å². The SMILES string of the molecule is CC(C)COCCCNC(=O)CCc1ccccc1N. The molecule has 112 valence electrons. The summed E-state index contributed by atoms with van der Waals surface area (Å²) < 4.78 is 5.45. The first-order chi connectivity index (χ1) is 9.59. The monoisotopic (exact) mass is 278 g/mol. The van der Waals surface area contributed by atoms with Crippen molar-refractivity contribution in [3.63, 3.8) is 0 Å². The average molecular weight is 278 g/mol. The van der Waals surface area contributed by atoms with Gasteiger partial charge in [0.25, 0.3) is 0 Å². The zero-order valence-electron chi connectivity index (χ0n) is 12.5. The van der Waals surface area contributed by atoms with Crippen LogP contribution in [-0.4, -0.2) is 25.7 Å². The number of para-hydroxylation sites is 1. The molecule has 0 saturated heterocycles. The number of nitrogens with one attached hydrogen (secondary N) is 1. The van der Waals surface area contributed by atoms with E-state index in [0.29, 0.717) is 31.9 Å². The highest BCUT2D eigenvalue weighted by atomic mass is 16.5. The van der Waals surface area contributed by atoms with Crippen molar-refractivity contribution in [1.29, 1.82) is 0 Å². The number of hydrogen-bond donors (Lipinski definition) is 2. The molecule has 1 amide bonds. The van der Waals surface area contributed by atoms with Crippen molar-refractivity contribution in [1.82, 2.24) is 5.32 Å². The predicted octanol–water partition coefficient (Wildman–Crippen LogP) is 2.38. The fourth-order valence-electron chi connectivity index (χ4n) is 1.82. The zero-order chi connectivity index (χ0) is 14.8. The van der Waals surface area contributed by atoms with E-state index in [1.165, 1.54) is 0 Å². The molecular weight excluding hydrogens is 252 g/mol. The van der Waals surface area contributed by atoms with Gasteiger partial charge in [0.15, 0.2) is 0 Å². The summed E-state index contributed by atoms with van der Waals surface area (Å²) in [6.07, 6.45) is 2.01. The fourth-order valence-corrected chi connectivity index (χ4v) is 1.82. The van der Waals surface area contributed by atoms with E-state index >= 15 is 0 Å². The van der Waals surface area contributed by atoms with E-state index in [9.17, 15) is 4.79 Å². The maximum absolute atomic E-state index is 11.7. The van der Waals surface area contributed by atoms with Crippen LogP contribution in [0.3, 0.4) is 0 Å². The molecule has 4 nitrogen and oxygen atoms in total. The first kappa shape index (κ1) is 16.5. The number of rotatable bonds is 9. The Bertz CT molecular complexity index is 405. The Morgan fingerprint density at radius 3 is 2.80 bits per heavy atom. The summed E-state index contributed by atoms with van der Waals surface area (Å²) in [7, 11) is 0. The lowest BCUT2D eigenvalue weighted by molar-refractivity contribution is -0.121. The molecule has 0 aliphatic rings. The third-order valence-corrected chi connectivity index (χ3v) is 2.92. The van der Waals surface area contributed by atoms with E-state index in [1.807, 2.05) is 24.3 Å². The number of nitrogens with two attached hydrogens (primary N) is 1. The van der Waals surface area contributed by atoms with Crippen LogP contribution in [-0.2, 0) is 16.0 Å². The van der Waals surface area contributed by atoms with E-state index in [4.69, 9.17) is 10.5 Å². The Morgan fingerprint density at radius 2 is 2.10 bits per heavy atom. The van der Waals surface area contributed by atoms with Crippen LogP contribution in [0.15, 0.2) is 24.3 Å². The normalized spacial score (nSPS) is 10.8. The Morgan fingerprint density at radius 1 is 1.35 bits per heavy atom. The van der Waals surface area contributed by atoms with Crippen molar-refractivity contribution in [2.45, 2.75) is 33.1 Å². The summed E-state index contributed by atoms with van der Waals surface area (Å²) in [6.45, 7) is 6.39. The first-order valence-corrected chi connectivity index (χ1v) is 7.27. The molecule has 0 saturated carbocycles. The molecule has 0 fully saturated rings. The van der Waals surface area contributed by atoms with Crippen LogP contribution in [0.2, 0.25) is 0 Å². The molecule has 0 atom stereocenters. The Labute approximate surface area is 121 Å². The standard InChI is InChI=1S/C16H26N2O2/c1-13(2)12-20-11-5-10-18-16(19)9-8-14-6-3-4-7-15(14)17/h3-4,6-7,13H,5,8-12,17H2,1-2H3,(H,18,19). The molecule has 0 unspecified atom stereocenters. The smallest absolute Gasteiger partial charge is 0.220 e. The third kappa shape index (κ3) is 7.14. The van der Waals surface area contributed by atoms with E-state index in [-0.39, 0.29) is 5.91 Å². The van der Waals surface area contributed by atoms with Crippen molar-refractivity contribution in [2.75, 3.05) is 25.5 Å². The molecule has 1 aromatic carbocycles. The minimum atomic E-state index is 0.0668. The van der Waals surface area contributed by atoms with Gasteiger partial charge in [-0.05, 0) is 30.4 Å². The van der Waals surface area contributed by atoms with Gasteiger partial charge in [0, 0.05) is 31.9 Å². The van der Waals surface area contributed by atoms with E-state index < -0.39 is 0 Å². The Balaban J connectivity index is 2.08. The lowest BCUT2D eigenvalue weighted by atomic mass is 10.1. The molecule has 0 aliphatic carbocycles. The molecule has 0 bridgehead atoms. The largest absolute Gasteiger partial charge is 0.399 e. The molecule has 1 rings (SSSR count). The van der Waals surface area contributed by atoms with Crippen molar-refractivity contribution >= 4 is 11.6 Å². The van der Waals surface area contributed by atoms with Gasteiger partial charge in [-0.15, -0.1) is 0 Å². The molecule has 0 heterocycles. The highest BCUT2D eigenvalue weighted by molar-refractivity contribution is 5.76. The summed E-state index contributed by atoms with van der Waals surface area (Å²) in [4.78, 5) is 11.7. The quantitative estimate of drug-likeness (QED) is 0.538. The minimum Gasteiger partial charge on any atom is -0.399 e. The Kier molecular flexibility index (Phi) is 7.73. The fraction of sp³-hybridized carbons (Fsp3) is 0.562. The molecule has 1 aromatic rings. The van der Waals surface area contributed by atoms with Crippen molar-refractivity contribution in [3.8, 4) is 0 Å². The maximum atomic E-state index is 11.7. The highest BCUT2D eigenvalue weighted by Gasteiger charge is 2.03. The van der Waals surface area contributed by atoms with Crippen LogP contribution in [0.1, 0.15) is 32.3 Å². The number of ether oxygens (including phenoxy) is 1. The topological polar surface area (TPSA) is 64.3 Å². The molecule has 20 heavy (non-hydrogen) atoms. The molecule has 0 aliphatic heterocycles. The lowest BCUT2D eigenvalue weighted by Crippen LogP contribution is -2.25. The number of amides is 1. The summed E-state index contributed by atoms with van der Waals surface area (Å²) in [5.74, 6) is 0.623. The van der Waals surface area contributed by atoms with Crippen LogP contribution in [0, 0.1) is 5.92 Å². The van der Waals surface area contributed by atoms with Crippen molar-refractivity contribution in [3.05, 3.63) is 29.8 Å². The number of carbonyl (C=O) groups is 1. The molecule has 0 radical (unpaired) electrons. The van der Waals surface area contributed by atoms with Gasteiger partial charge in [-0.1, -0.05) is 32.0 Å². The van der Waals surface area contributed by atoms with Crippen molar-refractivity contribution < 1.29 is 9.53 Å². The van der Waals surface area contributed by atoms with Gasteiger partial charge in [0.1, 0.15) is 0 Å². The summed E-state index contributed by atoms with van der Waals surface area (Å²) in [6, 6.07) is 7.66. The van der Waals surface area contributed by atoms with Gasteiger partial charge < -0.3 is 15.8 Å². The number of nitrogen functional groups attached to an aromatic ring is 1. The summed E-state index contributed by atoms with van der Waals surface area (Å²) >= 11 is 0. The molecule has 0 spiro atoms. The van der Waals surface area contributed by atoms with Gasteiger partial charge in [-0.2, -0.15) is 0 Å².